The summed E-state index contributed by atoms with van der Waals surface area (Å²) in [6.45, 7) is 1.80. The van der Waals surface area contributed by atoms with Gasteiger partial charge in [0.1, 0.15) is 17.6 Å². The lowest BCUT2D eigenvalue weighted by atomic mass is 10.0. The lowest BCUT2D eigenvalue weighted by molar-refractivity contribution is -0.119. The molecule has 3 rings (SSSR count). The standard InChI is InChI=1S/C18H17FN2O3/c1-3-14-18(24)20(2)15-9-6-12(19)10-16(15)21(14)17(23)11-4-7-13(22)8-5-11/h4-10,14,22H,3H2,1-2H3/t14-/m0/s1. The van der Waals surface area contributed by atoms with E-state index in [1.807, 2.05) is 0 Å². The quantitative estimate of drug-likeness (QED) is 0.922. The lowest BCUT2D eigenvalue weighted by Crippen LogP contribution is -2.54. The molecule has 5 nitrogen and oxygen atoms in total. The third-order valence-corrected chi connectivity index (χ3v) is 4.21. The van der Waals surface area contributed by atoms with Gasteiger partial charge in [0.2, 0.25) is 5.91 Å². The minimum atomic E-state index is -0.703. The maximum absolute atomic E-state index is 13.8. The maximum atomic E-state index is 13.8. The Morgan fingerprint density at radius 3 is 2.46 bits per heavy atom. The Morgan fingerprint density at radius 1 is 1.17 bits per heavy atom. The van der Waals surface area contributed by atoms with Crippen molar-refractivity contribution < 1.29 is 19.1 Å². The van der Waals surface area contributed by atoms with Crippen molar-refractivity contribution >= 4 is 23.2 Å². The minimum Gasteiger partial charge on any atom is -0.508 e. The molecule has 6 heteroatoms. The van der Waals surface area contributed by atoms with Gasteiger partial charge in [-0.2, -0.15) is 0 Å². The van der Waals surface area contributed by atoms with E-state index in [0.29, 0.717) is 23.4 Å². The summed E-state index contributed by atoms with van der Waals surface area (Å²) in [6.07, 6.45) is 0.406. The number of hydrogen-bond acceptors (Lipinski definition) is 3. The van der Waals surface area contributed by atoms with Gasteiger partial charge in [-0.3, -0.25) is 14.5 Å². The highest BCUT2D eigenvalue weighted by molar-refractivity contribution is 6.17. The van der Waals surface area contributed by atoms with E-state index in [2.05, 4.69) is 0 Å². The van der Waals surface area contributed by atoms with Crippen molar-refractivity contribution in [2.75, 3.05) is 16.8 Å². The van der Waals surface area contributed by atoms with Gasteiger partial charge >= 0.3 is 0 Å². The average molecular weight is 328 g/mol. The van der Waals surface area contributed by atoms with Gasteiger partial charge in [0, 0.05) is 12.6 Å². The average Bonchev–Trinajstić information content (AvgIpc) is 2.57. The first-order valence-corrected chi connectivity index (χ1v) is 7.63. The molecule has 0 aliphatic carbocycles. The summed E-state index contributed by atoms with van der Waals surface area (Å²) in [5, 5.41) is 9.38. The van der Waals surface area contributed by atoms with Crippen LogP contribution < -0.4 is 9.80 Å². The number of nitrogens with zero attached hydrogens (tertiary/aromatic N) is 2. The highest BCUT2D eigenvalue weighted by atomic mass is 19.1. The monoisotopic (exact) mass is 328 g/mol. The first-order chi connectivity index (χ1) is 11.4. The third-order valence-electron chi connectivity index (χ3n) is 4.21. The van der Waals surface area contributed by atoms with E-state index in [9.17, 15) is 19.1 Å². The fraction of sp³-hybridized carbons (Fsp3) is 0.222. The van der Waals surface area contributed by atoms with Gasteiger partial charge in [-0.15, -0.1) is 0 Å². The van der Waals surface area contributed by atoms with Crippen LogP contribution in [0.25, 0.3) is 0 Å². The zero-order chi connectivity index (χ0) is 17.4. The molecule has 2 aromatic rings. The fourth-order valence-corrected chi connectivity index (χ4v) is 2.94. The molecule has 124 valence electrons. The Hall–Kier alpha value is -2.89. The second-order valence-electron chi connectivity index (χ2n) is 5.68. The Bertz CT molecular complexity index is 804. The highest BCUT2D eigenvalue weighted by Gasteiger charge is 2.39. The Balaban J connectivity index is 2.14. The number of carbonyl (C=O) groups excluding carboxylic acids is 2. The largest absolute Gasteiger partial charge is 0.508 e. The molecule has 0 spiro atoms. The molecule has 1 aliphatic rings. The summed E-state index contributed by atoms with van der Waals surface area (Å²) in [7, 11) is 1.62. The first-order valence-electron chi connectivity index (χ1n) is 7.63. The topological polar surface area (TPSA) is 60.9 Å². The number of phenolic OH excluding ortho intramolecular Hbond substituents is 1. The maximum Gasteiger partial charge on any atom is 0.259 e. The van der Waals surface area contributed by atoms with Crippen molar-refractivity contribution in [1.82, 2.24) is 0 Å². The first kappa shape index (κ1) is 16.0. The van der Waals surface area contributed by atoms with Crippen molar-refractivity contribution in [1.29, 1.82) is 0 Å². The summed E-state index contributed by atoms with van der Waals surface area (Å²) >= 11 is 0. The van der Waals surface area contributed by atoms with Gasteiger partial charge in [-0.1, -0.05) is 6.92 Å². The highest BCUT2D eigenvalue weighted by Crippen LogP contribution is 2.37. The fourth-order valence-electron chi connectivity index (χ4n) is 2.94. The van der Waals surface area contributed by atoms with Crippen molar-refractivity contribution in [2.45, 2.75) is 19.4 Å². The molecule has 2 amide bonds. The molecule has 0 bridgehead atoms. The van der Waals surface area contributed by atoms with E-state index >= 15 is 0 Å². The van der Waals surface area contributed by atoms with E-state index in [-0.39, 0.29) is 11.7 Å². The molecule has 1 aliphatic heterocycles. The zero-order valence-corrected chi connectivity index (χ0v) is 13.4. The summed E-state index contributed by atoms with van der Waals surface area (Å²) in [5.41, 5.74) is 1.17. The number of aromatic hydroxyl groups is 1. The molecule has 1 N–H and O–H groups in total. The van der Waals surface area contributed by atoms with Crippen LogP contribution in [-0.4, -0.2) is 30.0 Å². The van der Waals surface area contributed by atoms with E-state index in [4.69, 9.17) is 0 Å². The molecule has 1 heterocycles. The number of rotatable bonds is 2. The van der Waals surface area contributed by atoms with Crippen molar-refractivity contribution in [3.05, 3.63) is 53.8 Å². The van der Waals surface area contributed by atoms with Crippen LogP contribution in [0.2, 0.25) is 0 Å². The van der Waals surface area contributed by atoms with E-state index in [1.54, 1.807) is 14.0 Å². The molecule has 2 aromatic carbocycles. The predicted molar refractivity (Wildman–Crippen MR) is 88.8 cm³/mol. The number of phenols is 1. The zero-order valence-electron chi connectivity index (χ0n) is 13.4. The molecule has 24 heavy (non-hydrogen) atoms. The minimum absolute atomic E-state index is 0.0412. The van der Waals surface area contributed by atoms with Gasteiger partial charge in [0.25, 0.3) is 5.91 Å². The smallest absolute Gasteiger partial charge is 0.259 e. The third kappa shape index (κ3) is 2.50. The Labute approximate surface area is 138 Å². The van der Waals surface area contributed by atoms with Crippen LogP contribution in [0.1, 0.15) is 23.7 Å². The van der Waals surface area contributed by atoms with E-state index < -0.39 is 17.8 Å². The van der Waals surface area contributed by atoms with Crippen LogP contribution in [0.3, 0.4) is 0 Å². The molecule has 0 aromatic heterocycles. The normalized spacial score (nSPS) is 17.0. The lowest BCUT2D eigenvalue weighted by Gasteiger charge is -2.40. The van der Waals surface area contributed by atoms with Crippen LogP contribution in [0.15, 0.2) is 42.5 Å². The van der Waals surface area contributed by atoms with Gasteiger partial charge < -0.3 is 10.0 Å². The number of carbonyl (C=O) groups is 2. The number of benzene rings is 2. The van der Waals surface area contributed by atoms with Crippen LogP contribution in [0.4, 0.5) is 15.8 Å². The van der Waals surface area contributed by atoms with Crippen LogP contribution in [0, 0.1) is 5.82 Å². The van der Waals surface area contributed by atoms with E-state index in [1.165, 1.54) is 52.3 Å². The SMILES string of the molecule is CC[C@H]1C(=O)N(C)c2ccc(F)cc2N1C(=O)c1ccc(O)cc1. The molecular formula is C18H17FN2O3. The molecule has 0 radical (unpaired) electrons. The second kappa shape index (κ2) is 5.96. The molecule has 0 saturated heterocycles. The van der Waals surface area contributed by atoms with Crippen molar-refractivity contribution in [3.8, 4) is 5.75 Å². The second-order valence-corrected chi connectivity index (χ2v) is 5.68. The molecule has 0 fully saturated rings. The summed E-state index contributed by atoms with van der Waals surface area (Å²) in [4.78, 5) is 28.3. The van der Waals surface area contributed by atoms with Crippen molar-refractivity contribution in [3.63, 3.8) is 0 Å². The molecular weight excluding hydrogens is 311 g/mol. The Morgan fingerprint density at radius 2 is 1.83 bits per heavy atom. The number of likely N-dealkylation sites (N-methyl/N-ethyl adjacent to an activating group) is 1. The van der Waals surface area contributed by atoms with Gasteiger partial charge in [-0.25, -0.2) is 4.39 Å². The molecule has 0 unspecified atom stereocenters. The number of fused-ring (bicyclic) bond motifs is 1. The predicted octanol–water partition coefficient (Wildman–Crippen LogP) is 2.93. The van der Waals surface area contributed by atoms with Crippen LogP contribution in [-0.2, 0) is 4.79 Å². The summed E-state index contributed by atoms with van der Waals surface area (Å²) in [6, 6.07) is 9.07. The molecule has 1 atom stereocenters. The van der Waals surface area contributed by atoms with Gasteiger partial charge in [-0.05, 0) is 48.9 Å². The summed E-state index contributed by atoms with van der Waals surface area (Å²) in [5.74, 6) is -1.06. The summed E-state index contributed by atoms with van der Waals surface area (Å²) < 4.78 is 13.8. The van der Waals surface area contributed by atoms with Crippen LogP contribution in [0.5, 0.6) is 5.75 Å². The van der Waals surface area contributed by atoms with Gasteiger partial charge in [0.05, 0.1) is 11.4 Å². The number of anilines is 2. The Kier molecular flexibility index (Phi) is 3.97. The molecule has 0 saturated carbocycles. The number of hydrogen-bond donors (Lipinski definition) is 1. The van der Waals surface area contributed by atoms with Crippen molar-refractivity contribution in [2.24, 2.45) is 0 Å². The number of halogens is 1. The number of amides is 2. The van der Waals surface area contributed by atoms with Crippen LogP contribution >= 0.6 is 0 Å². The van der Waals surface area contributed by atoms with E-state index in [0.717, 1.165) is 0 Å². The van der Waals surface area contributed by atoms with Gasteiger partial charge in [0.15, 0.2) is 0 Å².